The van der Waals surface area contributed by atoms with Crippen molar-refractivity contribution in [3.63, 3.8) is 0 Å². The molecule has 130 valence electrons. The highest BCUT2D eigenvalue weighted by Crippen LogP contribution is 2.09. The van der Waals surface area contributed by atoms with E-state index < -0.39 is 5.97 Å². The Morgan fingerprint density at radius 3 is 2.18 bits per heavy atom. The van der Waals surface area contributed by atoms with Crippen LogP contribution in [-0.4, -0.2) is 36.1 Å². The Bertz CT molecular complexity index is 280. The zero-order valence-corrected chi connectivity index (χ0v) is 14.7. The van der Waals surface area contributed by atoms with Crippen molar-refractivity contribution < 1.29 is 15.2 Å². The van der Waals surface area contributed by atoms with Gasteiger partial charge >= 0.3 is 5.97 Å². The first-order chi connectivity index (χ1) is 10.7. The van der Waals surface area contributed by atoms with E-state index in [1.807, 2.05) is 0 Å². The molecular formula is C18H37N2O2+. The van der Waals surface area contributed by atoms with Crippen LogP contribution in [0.1, 0.15) is 77.6 Å². The molecule has 0 aromatic heterocycles. The number of carboxylic acid groups (broad SMARTS) is 1. The van der Waals surface area contributed by atoms with Gasteiger partial charge in [0.25, 0.3) is 0 Å². The van der Waals surface area contributed by atoms with Gasteiger partial charge in [-0.3, -0.25) is 4.79 Å². The third-order valence-corrected chi connectivity index (χ3v) is 3.85. The van der Waals surface area contributed by atoms with Crippen molar-refractivity contribution in [3.8, 4) is 0 Å². The second-order valence-electron chi connectivity index (χ2n) is 6.17. The van der Waals surface area contributed by atoms with Gasteiger partial charge in [-0.15, -0.1) is 0 Å². The van der Waals surface area contributed by atoms with Gasteiger partial charge < -0.3 is 15.3 Å². The Hall–Kier alpha value is -1.03. The van der Waals surface area contributed by atoms with Crippen molar-refractivity contribution in [2.45, 2.75) is 77.6 Å². The number of unbranched alkanes of at least 4 members (excludes halogenated alkanes) is 8. The van der Waals surface area contributed by atoms with E-state index in [1.54, 1.807) is 0 Å². The summed E-state index contributed by atoms with van der Waals surface area (Å²) in [5.41, 5.74) is 0. The second-order valence-corrected chi connectivity index (χ2v) is 6.17. The Balaban J connectivity index is 3.17. The molecule has 0 amide bonds. The molecule has 0 aliphatic heterocycles. The summed E-state index contributed by atoms with van der Waals surface area (Å²) in [4.78, 5) is 12.6. The van der Waals surface area contributed by atoms with Gasteiger partial charge in [0, 0.05) is 20.0 Å². The number of aliphatic carboxylic acids is 1. The van der Waals surface area contributed by atoms with E-state index in [0.717, 1.165) is 19.4 Å². The Morgan fingerprint density at radius 1 is 1.00 bits per heavy atom. The zero-order valence-electron chi connectivity index (χ0n) is 14.7. The van der Waals surface area contributed by atoms with Gasteiger partial charge in [0.15, 0.2) is 0 Å². The van der Waals surface area contributed by atoms with Crippen LogP contribution in [0.2, 0.25) is 0 Å². The molecule has 0 spiro atoms. The first-order valence-corrected chi connectivity index (χ1v) is 9.08. The van der Waals surface area contributed by atoms with Crippen molar-refractivity contribution in [3.05, 3.63) is 12.4 Å². The van der Waals surface area contributed by atoms with Crippen LogP contribution in [0.5, 0.6) is 0 Å². The summed E-state index contributed by atoms with van der Waals surface area (Å²) in [6.07, 6.45) is 16.7. The third-order valence-electron chi connectivity index (χ3n) is 3.85. The minimum Gasteiger partial charge on any atom is -0.481 e. The average molecular weight is 314 g/mol. The summed E-state index contributed by atoms with van der Waals surface area (Å²) in [5, 5.41) is 10.8. The fourth-order valence-electron chi connectivity index (χ4n) is 2.39. The Kier molecular flexibility index (Phi) is 15.6. The molecule has 0 aromatic rings. The molecule has 0 unspecified atom stereocenters. The van der Waals surface area contributed by atoms with Crippen LogP contribution < -0.4 is 5.32 Å². The lowest BCUT2D eigenvalue weighted by molar-refractivity contribution is -0.588. The number of nitrogens with zero attached hydrogens (tertiary/aromatic N) is 1. The highest BCUT2D eigenvalue weighted by molar-refractivity contribution is 5.66. The largest absolute Gasteiger partial charge is 0.481 e. The minimum atomic E-state index is -0.665. The minimum absolute atomic E-state index is 0.330. The number of nitrogens with two attached hydrogens (primary N) is 1. The van der Waals surface area contributed by atoms with E-state index in [1.165, 1.54) is 57.9 Å². The van der Waals surface area contributed by atoms with Crippen molar-refractivity contribution in [2.75, 3.05) is 20.1 Å². The van der Waals surface area contributed by atoms with E-state index in [-0.39, 0.29) is 0 Å². The molecule has 3 N–H and O–H groups in total. The van der Waals surface area contributed by atoms with E-state index in [0.29, 0.717) is 6.42 Å². The average Bonchev–Trinajstić information content (AvgIpc) is 2.49. The molecular weight excluding hydrogens is 276 g/mol. The fraction of sp³-hybridized carbons (Fsp3) is 0.833. The topological polar surface area (TPSA) is 57.2 Å². The molecule has 4 heteroatoms. The predicted octanol–water partition coefficient (Wildman–Crippen LogP) is 3.35. The molecule has 0 heterocycles. The predicted molar refractivity (Wildman–Crippen MR) is 92.7 cm³/mol. The van der Waals surface area contributed by atoms with Crippen LogP contribution in [0.4, 0.5) is 0 Å². The monoisotopic (exact) mass is 313 g/mol. The van der Waals surface area contributed by atoms with Gasteiger partial charge in [-0.25, -0.2) is 0 Å². The maximum atomic E-state index is 10.4. The molecule has 0 saturated carbocycles. The smallest absolute Gasteiger partial charge is 0.303 e. The van der Waals surface area contributed by atoms with Gasteiger partial charge in [0.1, 0.15) is 6.20 Å². The first-order valence-electron chi connectivity index (χ1n) is 9.08. The fourth-order valence-corrected chi connectivity index (χ4v) is 2.39. The molecule has 0 bridgehead atoms. The summed E-state index contributed by atoms with van der Waals surface area (Å²) in [7, 11) is 2.14. The van der Waals surface area contributed by atoms with Crippen LogP contribution >= 0.6 is 0 Å². The molecule has 4 nitrogen and oxygen atoms in total. The van der Waals surface area contributed by atoms with E-state index >= 15 is 0 Å². The lowest BCUT2D eigenvalue weighted by Crippen LogP contribution is -2.78. The molecule has 0 fully saturated rings. The van der Waals surface area contributed by atoms with Crippen LogP contribution in [-0.2, 0) is 4.79 Å². The van der Waals surface area contributed by atoms with Crippen molar-refractivity contribution in [2.24, 2.45) is 0 Å². The molecule has 0 rings (SSSR count). The highest BCUT2D eigenvalue weighted by atomic mass is 16.4. The van der Waals surface area contributed by atoms with Crippen LogP contribution in [0.15, 0.2) is 12.4 Å². The number of hydrogen-bond acceptors (Lipinski definition) is 2. The van der Waals surface area contributed by atoms with E-state index in [9.17, 15) is 4.79 Å². The molecule has 22 heavy (non-hydrogen) atoms. The van der Waals surface area contributed by atoms with Crippen molar-refractivity contribution in [1.82, 2.24) is 4.90 Å². The summed E-state index contributed by atoms with van der Waals surface area (Å²) in [6, 6.07) is 0. The molecule has 0 aliphatic rings. The maximum absolute atomic E-state index is 10.4. The number of carboxylic acids is 1. The van der Waals surface area contributed by atoms with Gasteiger partial charge in [0.2, 0.25) is 0 Å². The van der Waals surface area contributed by atoms with Crippen molar-refractivity contribution in [1.29, 1.82) is 0 Å². The van der Waals surface area contributed by atoms with Crippen LogP contribution in [0.3, 0.4) is 0 Å². The van der Waals surface area contributed by atoms with E-state index in [4.69, 9.17) is 5.11 Å². The number of rotatable bonds is 16. The second kappa shape index (κ2) is 16.3. The van der Waals surface area contributed by atoms with Crippen molar-refractivity contribution >= 4 is 5.97 Å². The van der Waals surface area contributed by atoms with Gasteiger partial charge in [-0.2, -0.15) is 0 Å². The Morgan fingerprint density at radius 2 is 1.59 bits per heavy atom. The Labute approximate surface area is 137 Å². The summed E-state index contributed by atoms with van der Waals surface area (Å²) < 4.78 is 0. The lowest BCUT2D eigenvalue weighted by atomic mass is 10.1. The van der Waals surface area contributed by atoms with E-state index in [2.05, 4.69) is 36.6 Å². The number of hydrogen-bond donors (Lipinski definition) is 2. The number of quaternary nitrogens is 1. The SMILES string of the molecule is CCCCN(C)/C=C\[NH2+]CCCCCCCCCCC(=O)O. The molecule has 0 aromatic carbocycles. The van der Waals surface area contributed by atoms with Gasteiger partial charge in [0.05, 0.1) is 12.7 Å². The molecule has 0 atom stereocenters. The molecule has 0 radical (unpaired) electrons. The summed E-state index contributed by atoms with van der Waals surface area (Å²) in [6.45, 7) is 4.55. The lowest BCUT2D eigenvalue weighted by Gasteiger charge is -2.11. The summed E-state index contributed by atoms with van der Waals surface area (Å²) >= 11 is 0. The summed E-state index contributed by atoms with van der Waals surface area (Å²) in [5.74, 6) is -0.665. The molecule has 0 aliphatic carbocycles. The zero-order chi connectivity index (χ0) is 16.5. The standard InChI is InChI=1S/C18H36N2O2/c1-3-4-16-20(2)17-15-19-14-12-10-8-6-5-7-9-11-13-18(21)22/h15,17,19H,3-14,16H2,1-2H3,(H,21,22)/p+1/b17-15-. The first kappa shape index (κ1) is 21.0. The maximum Gasteiger partial charge on any atom is 0.303 e. The normalized spacial score (nSPS) is 11.2. The van der Waals surface area contributed by atoms with Gasteiger partial charge in [-0.1, -0.05) is 45.4 Å². The van der Waals surface area contributed by atoms with Crippen LogP contribution in [0.25, 0.3) is 0 Å². The number of carbonyl (C=O) groups is 1. The highest BCUT2D eigenvalue weighted by Gasteiger charge is 1.97. The van der Waals surface area contributed by atoms with Gasteiger partial charge in [-0.05, 0) is 25.7 Å². The van der Waals surface area contributed by atoms with Crippen LogP contribution in [0, 0.1) is 0 Å². The third kappa shape index (κ3) is 17.0. The quantitative estimate of drug-likeness (QED) is 0.430. The molecule has 0 saturated heterocycles.